The average Bonchev–Trinajstić information content (AvgIpc) is 3.03. The molecule has 0 fully saturated rings. The first-order valence-electron chi connectivity index (χ1n) is 9.16. The van der Waals surface area contributed by atoms with E-state index in [-0.39, 0.29) is 12.5 Å². The van der Waals surface area contributed by atoms with Crippen molar-refractivity contribution in [2.45, 2.75) is 32.0 Å². The summed E-state index contributed by atoms with van der Waals surface area (Å²) in [5, 5.41) is 0.800. The zero-order valence-electron chi connectivity index (χ0n) is 15.7. The number of benzene rings is 2. The number of carbonyl (C=O) groups is 1. The number of hydrogen-bond donors (Lipinski definition) is 0. The number of hydrogen-bond acceptors (Lipinski definition) is 5. The summed E-state index contributed by atoms with van der Waals surface area (Å²) in [7, 11) is 0. The molecule has 1 aromatic heterocycles. The van der Waals surface area contributed by atoms with Gasteiger partial charge in [0.1, 0.15) is 12.3 Å². The topological polar surface area (TPSA) is 53.4 Å². The van der Waals surface area contributed by atoms with Gasteiger partial charge in [0.2, 0.25) is 0 Å². The molecule has 142 valence electrons. The van der Waals surface area contributed by atoms with Crippen molar-refractivity contribution in [3.63, 3.8) is 0 Å². The van der Waals surface area contributed by atoms with Crippen LogP contribution in [0.25, 0.3) is 11.0 Å². The van der Waals surface area contributed by atoms with Crippen LogP contribution in [0.15, 0.2) is 53.7 Å². The Kier molecular flexibility index (Phi) is 6.76. The number of fused-ring (bicyclic) bond motifs is 1. The molecule has 0 aliphatic carbocycles. The van der Waals surface area contributed by atoms with Gasteiger partial charge in [-0.05, 0) is 43.2 Å². The first-order chi connectivity index (χ1) is 13.2. The van der Waals surface area contributed by atoms with E-state index in [4.69, 9.17) is 9.47 Å². The fraction of sp³-hybridized carbons (Fsp3) is 0.333. The van der Waals surface area contributed by atoms with Crippen LogP contribution in [0.2, 0.25) is 0 Å². The number of ether oxygens (including phenoxy) is 2. The average molecular weight is 385 g/mol. The molecule has 0 aliphatic heterocycles. The van der Waals surface area contributed by atoms with E-state index in [0.717, 1.165) is 34.1 Å². The molecular weight excluding hydrogens is 360 g/mol. The van der Waals surface area contributed by atoms with E-state index in [1.54, 1.807) is 11.8 Å². The zero-order chi connectivity index (χ0) is 19.1. The van der Waals surface area contributed by atoms with Crippen molar-refractivity contribution >= 4 is 28.8 Å². The Morgan fingerprint density at radius 2 is 1.89 bits per heavy atom. The lowest BCUT2D eigenvalue weighted by Gasteiger charge is -2.09. The maximum absolute atomic E-state index is 12.0. The van der Waals surface area contributed by atoms with Crippen LogP contribution in [0.5, 0.6) is 5.75 Å². The molecule has 0 unspecified atom stereocenters. The Morgan fingerprint density at radius 1 is 1.11 bits per heavy atom. The predicted octanol–water partition coefficient (Wildman–Crippen LogP) is 4.33. The highest BCUT2D eigenvalue weighted by Crippen LogP contribution is 2.24. The van der Waals surface area contributed by atoms with Gasteiger partial charge in [-0.1, -0.05) is 43.0 Å². The van der Waals surface area contributed by atoms with Crippen molar-refractivity contribution in [2.75, 3.05) is 19.0 Å². The summed E-state index contributed by atoms with van der Waals surface area (Å²) >= 11 is 1.58. The molecule has 5 nitrogen and oxygen atoms in total. The first kappa shape index (κ1) is 19.3. The van der Waals surface area contributed by atoms with Gasteiger partial charge < -0.3 is 14.0 Å². The lowest BCUT2D eigenvalue weighted by Crippen LogP contribution is -2.14. The zero-order valence-corrected chi connectivity index (χ0v) is 16.5. The van der Waals surface area contributed by atoms with Crippen LogP contribution in [0, 0.1) is 0 Å². The Hall–Kier alpha value is -2.47. The number of esters is 1. The molecule has 0 saturated heterocycles. The van der Waals surface area contributed by atoms with E-state index in [9.17, 15) is 4.79 Å². The molecule has 0 bridgehead atoms. The van der Waals surface area contributed by atoms with Gasteiger partial charge in [-0.25, -0.2) is 4.98 Å². The minimum absolute atomic E-state index is 0.163. The first-order valence-corrected chi connectivity index (χ1v) is 10.1. The number of thioether (sulfide) groups is 1. The third kappa shape index (κ3) is 5.04. The molecule has 0 aliphatic rings. The van der Waals surface area contributed by atoms with Gasteiger partial charge in [-0.15, -0.1) is 0 Å². The van der Waals surface area contributed by atoms with Gasteiger partial charge in [-0.2, -0.15) is 0 Å². The summed E-state index contributed by atoms with van der Waals surface area (Å²) < 4.78 is 12.8. The fourth-order valence-electron chi connectivity index (χ4n) is 2.77. The summed E-state index contributed by atoms with van der Waals surface area (Å²) in [5.74, 6) is 1.35. The molecule has 3 aromatic rings. The Morgan fingerprint density at radius 3 is 2.63 bits per heavy atom. The molecule has 2 aromatic carbocycles. The summed E-state index contributed by atoms with van der Waals surface area (Å²) in [6.07, 6.45) is 1.02. The monoisotopic (exact) mass is 384 g/mol. The van der Waals surface area contributed by atoms with Crippen molar-refractivity contribution in [1.82, 2.24) is 9.55 Å². The standard InChI is InChI=1S/C21H24N2O3S/c1-3-16-9-11-17(12-10-16)26-13-14-27-21-22-18-7-5-6-8-19(18)23(21)15-20(24)25-4-2/h5-12H,3-4,13-15H2,1-2H3. The van der Waals surface area contributed by atoms with Crippen LogP contribution < -0.4 is 4.74 Å². The van der Waals surface area contributed by atoms with Gasteiger partial charge in [0.15, 0.2) is 5.16 Å². The quantitative estimate of drug-likeness (QED) is 0.312. The van der Waals surface area contributed by atoms with E-state index in [1.807, 2.05) is 47.9 Å². The third-order valence-corrected chi connectivity index (χ3v) is 5.07. The summed E-state index contributed by atoms with van der Waals surface area (Å²) in [5.41, 5.74) is 3.11. The van der Waals surface area contributed by atoms with E-state index in [0.29, 0.717) is 13.2 Å². The normalized spacial score (nSPS) is 10.9. The lowest BCUT2D eigenvalue weighted by molar-refractivity contribution is -0.143. The molecule has 6 heteroatoms. The van der Waals surface area contributed by atoms with Crippen LogP contribution in [0.3, 0.4) is 0 Å². The second-order valence-corrected chi connectivity index (χ2v) is 7.03. The molecule has 0 spiro atoms. The summed E-state index contributed by atoms with van der Waals surface area (Å²) in [4.78, 5) is 16.6. The van der Waals surface area contributed by atoms with Crippen LogP contribution in [0.4, 0.5) is 0 Å². The van der Waals surface area contributed by atoms with Crippen molar-refractivity contribution < 1.29 is 14.3 Å². The van der Waals surface area contributed by atoms with Crippen LogP contribution in [-0.4, -0.2) is 34.5 Å². The molecule has 0 saturated carbocycles. The minimum atomic E-state index is -0.255. The second kappa shape index (κ2) is 9.46. The van der Waals surface area contributed by atoms with E-state index >= 15 is 0 Å². The number of carbonyl (C=O) groups excluding carboxylic acids is 1. The molecule has 0 N–H and O–H groups in total. The maximum atomic E-state index is 12.0. The molecule has 1 heterocycles. The highest BCUT2D eigenvalue weighted by molar-refractivity contribution is 7.99. The fourth-order valence-corrected chi connectivity index (χ4v) is 3.60. The predicted molar refractivity (Wildman–Crippen MR) is 108 cm³/mol. The number of aryl methyl sites for hydroxylation is 1. The van der Waals surface area contributed by atoms with E-state index in [1.165, 1.54) is 5.56 Å². The third-order valence-electron chi connectivity index (χ3n) is 4.13. The van der Waals surface area contributed by atoms with Gasteiger partial charge in [0.25, 0.3) is 0 Å². The number of nitrogens with zero attached hydrogens (tertiary/aromatic N) is 2. The van der Waals surface area contributed by atoms with Crippen molar-refractivity contribution in [3.8, 4) is 5.75 Å². The second-order valence-electron chi connectivity index (χ2n) is 5.97. The van der Waals surface area contributed by atoms with Crippen molar-refractivity contribution in [2.24, 2.45) is 0 Å². The highest BCUT2D eigenvalue weighted by Gasteiger charge is 2.14. The molecule has 0 amide bonds. The molecule has 0 atom stereocenters. The Balaban J connectivity index is 1.63. The van der Waals surface area contributed by atoms with Crippen molar-refractivity contribution in [1.29, 1.82) is 0 Å². The molecule has 27 heavy (non-hydrogen) atoms. The highest BCUT2D eigenvalue weighted by atomic mass is 32.2. The minimum Gasteiger partial charge on any atom is -0.493 e. The largest absolute Gasteiger partial charge is 0.493 e. The van der Waals surface area contributed by atoms with Crippen LogP contribution in [0.1, 0.15) is 19.4 Å². The number of imidazole rings is 1. The molecular formula is C21H24N2O3S. The Bertz CT molecular complexity index is 890. The van der Waals surface area contributed by atoms with Crippen molar-refractivity contribution in [3.05, 3.63) is 54.1 Å². The SMILES string of the molecule is CCOC(=O)Cn1c(SCCOc2ccc(CC)cc2)nc2ccccc21. The van der Waals surface area contributed by atoms with Gasteiger partial charge in [0, 0.05) is 5.75 Å². The maximum Gasteiger partial charge on any atom is 0.326 e. The van der Waals surface area contributed by atoms with E-state index < -0.39 is 0 Å². The van der Waals surface area contributed by atoms with Gasteiger partial charge in [-0.3, -0.25) is 4.79 Å². The van der Waals surface area contributed by atoms with Gasteiger partial charge in [0.05, 0.1) is 24.2 Å². The van der Waals surface area contributed by atoms with Crippen LogP contribution in [-0.2, 0) is 22.5 Å². The number of aromatic nitrogens is 2. The van der Waals surface area contributed by atoms with Crippen LogP contribution >= 0.6 is 11.8 Å². The van der Waals surface area contributed by atoms with Gasteiger partial charge >= 0.3 is 5.97 Å². The number of para-hydroxylation sites is 2. The lowest BCUT2D eigenvalue weighted by atomic mass is 10.2. The molecule has 0 radical (unpaired) electrons. The molecule has 3 rings (SSSR count). The smallest absolute Gasteiger partial charge is 0.326 e. The summed E-state index contributed by atoms with van der Waals surface area (Å²) in [6, 6.07) is 16.0. The van der Waals surface area contributed by atoms with E-state index in [2.05, 4.69) is 24.0 Å². The Labute approximate surface area is 163 Å². The number of rotatable bonds is 9. The summed E-state index contributed by atoms with van der Waals surface area (Å²) in [6.45, 7) is 5.05.